The summed E-state index contributed by atoms with van der Waals surface area (Å²) in [4.78, 5) is 4.85. The third-order valence-electron chi connectivity index (χ3n) is 10.9. The molecule has 0 unspecified atom stereocenters. The van der Waals surface area contributed by atoms with Crippen molar-refractivity contribution in [3.63, 3.8) is 0 Å². The van der Waals surface area contributed by atoms with E-state index in [1.807, 2.05) is 0 Å². The fourth-order valence-corrected chi connectivity index (χ4v) is 8.92. The van der Waals surface area contributed by atoms with Crippen molar-refractivity contribution < 1.29 is 0 Å². The van der Waals surface area contributed by atoms with Crippen LogP contribution in [0.2, 0.25) is 0 Å². The lowest BCUT2D eigenvalue weighted by atomic mass is 9.70. The molecule has 2 heteroatoms. The average Bonchev–Trinajstić information content (AvgIpc) is 3.62. The van der Waals surface area contributed by atoms with Crippen LogP contribution in [-0.4, -0.2) is 7.05 Å². The van der Waals surface area contributed by atoms with E-state index in [2.05, 4.69) is 181 Å². The lowest BCUT2D eigenvalue weighted by molar-refractivity contribution is 0.793. The number of fused-ring (bicyclic) bond motifs is 12. The first-order chi connectivity index (χ1) is 23.7. The van der Waals surface area contributed by atoms with Crippen LogP contribution in [0, 0.1) is 0 Å². The Hall–Kier alpha value is -5.86. The number of para-hydroxylation sites is 2. The highest BCUT2D eigenvalue weighted by Crippen LogP contribution is 2.64. The number of anilines is 4. The van der Waals surface area contributed by atoms with E-state index < -0.39 is 0 Å². The molecule has 0 atom stereocenters. The molecule has 0 amide bonds. The second-order valence-corrected chi connectivity index (χ2v) is 13.4. The molecular formula is C46H34N2. The summed E-state index contributed by atoms with van der Waals surface area (Å²) in [5.74, 6) is 0. The number of rotatable bonds is 4. The van der Waals surface area contributed by atoms with Crippen molar-refractivity contribution in [2.24, 2.45) is 0 Å². The van der Waals surface area contributed by atoms with Crippen molar-refractivity contribution in [3.05, 3.63) is 203 Å². The molecule has 228 valence electrons. The maximum atomic E-state index is 2.43. The van der Waals surface area contributed by atoms with Crippen LogP contribution in [0.3, 0.4) is 0 Å². The third kappa shape index (κ3) is 3.69. The number of nitrogens with zero attached hydrogens (tertiary/aromatic N) is 2. The Morgan fingerprint density at radius 1 is 0.500 bits per heavy atom. The van der Waals surface area contributed by atoms with E-state index in [1.165, 1.54) is 83.9 Å². The van der Waals surface area contributed by atoms with E-state index in [1.54, 1.807) is 0 Å². The number of hydrogen-bond donors (Lipinski definition) is 0. The van der Waals surface area contributed by atoms with Crippen LogP contribution >= 0.6 is 0 Å². The molecule has 0 radical (unpaired) electrons. The summed E-state index contributed by atoms with van der Waals surface area (Å²) in [6, 6.07) is 60.8. The third-order valence-corrected chi connectivity index (χ3v) is 10.9. The summed E-state index contributed by atoms with van der Waals surface area (Å²) in [7, 11) is 2.24. The molecule has 1 aliphatic heterocycles. The van der Waals surface area contributed by atoms with E-state index in [-0.39, 0.29) is 5.41 Å². The van der Waals surface area contributed by atoms with Crippen molar-refractivity contribution in [3.8, 4) is 22.3 Å². The van der Waals surface area contributed by atoms with Crippen LogP contribution < -0.4 is 9.80 Å². The molecule has 1 spiro atoms. The van der Waals surface area contributed by atoms with Crippen LogP contribution in [0.4, 0.5) is 22.7 Å². The van der Waals surface area contributed by atoms with E-state index in [0.717, 1.165) is 13.0 Å². The predicted molar refractivity (Wildman–Crippen MR) is 199 cm³/mol. The number of benzene rings is 7. The standard InChI is InChI=1S/C46H34N2/c1-47(30-31-25-27-34(28-26-31)48-42-22-10-2-13-32(42)29-33-14-3-11-23-43(33)48)44-24-12-21-41-45(44)37-17-6-9-20-40(37)46(41)38-18-7-4-15-35(38)36-16-5-8-19-39(36)46/h2-28H,29-30H2,1H3. The first-order valence-electron chi connectivity index (χ1n) is 16.9. The summed E-state index contributed by atoms with van der Waals surface area (Å²) >= 11 is 0. The fourth-order valence-electron chi connectivity index (χ4n) is 8.92. The van der Waals surface area contributed by atoms with Crippen LogP contribution in [0.25, 0.3) is 22.3 Å². The Kier molecular flexibility index (Phi) is 5.86. The molecule has 0 saturated carbocycles. The van der Waals surface area contributed by atoms with Crippen molar-refractivity contribution in [2.75, 3.05) is 16.8 Å². The van der Waals surface area contributed by atoms with Crippen LogP contribution in [0.1, 0.15) is 38.9 Å². The minimum absolute atomic E-state index is 0.321. The average molecular weight is 615 g/mol. The normalized spacial score (nSPS) is 14.1. The minimum Gasteiger partial charge on any atom is -0.370 e. The smallest absolute Gasteiger partial charge is 0.0726 e. The van der Waals surface area contributed by atoms with E-state index >= 15 is 0 Å². The quantitative estimate of drug-likeness (QED) is 0.195. The summed E-state index contributed by atoms with van der Waals surface area (Å²) in [6.07, 6.45) is 0.967. The lowest BCUT2D eigenvalue weighted by Gasteiger charge is -2.33. The summed E-state index contributed by atoms with van der Waals surface area (Å²) in [6.45, 7) is 0.812. The topological polar surface area (TPSA) is 6.48 Å². The Bertz CT molecular complexity index is 2290. The molecule has 0 bridgehead atoms. The van der Waals surface area contributed by atoms with Gasteiger partial charge in [-0.1, -0.05) is 133 Å². The minimum atomic E-state index is -0.321. The van der Waals surface area contributed by atoms with Gasteiger partial charge in [0.25, 0.3) is 0 Å². The molecule has 2 nitrogen and oxygen atoms in total. The van der Waals surface area contributed by atoms with Crippen LogP contribution in [0.15, 0.2) is 164 Å². The molecule has 0 saturated heterocycles. The van der Waals surface area contributed by atoms with Gasteiger partial charge in [0.2, 0.25) is 0 Å². The second kappa shape index (κ2) is 10.3. The monoisotopic (exact) mass is 614 g/mol. The van der Waals surface area contributed by atoms with Crippen molar-refractivity contribution in [1.82, 2.24) is 0 Å². The van der Waals surface area contributed by atoms with Gasteiger partial charge in [-0.05, 0) is 86.0 Å². The Morgan fingerprint density at radius 2 is 1.00 bits per heavy atom. The van der Waals surface area contributed by atoms with Crippen molar-refractivity contribution >= 4 is 22.7 Å². The van der Waals surface area contributed by atoms with Gasteiger partial charge in [-0.25, -0.2) is 0 Å². The van der Waals surface area contributed by atoms with E-state index in [9.17, 15) is 0 Å². The summed E-state index contributed by atoms with van der Waals surface area (Å²) in [5.41, 5.74) is 19.6. The first kappa shape index (κ1) is 27.3. The van der Waals surface area contributed by atoms with E-state index in [4.69, 9.17) is 0 Å². The Balaban J connectivity index is 1.05. The van der Waals surface area contributed by atoms with Gasteiger partial charge < -0.3 is 9.80 Å². The maximum Gasteiger partial charge on any atom is 0.0726 e. The molecule has 0 aromatic heterocycles. The number of hydrogen-bond acceptors (Lipinski definition) is 2. The second-order valence-electron chi connectivity index (χ2n) is 13.4. The highest BCUT2D eigenvalue weighted by Gasteiger charge is 2.52. The molecule has 7 aromatic carbocycles. The molecule has 0 fully saturated rings. The highest BCUT2D eigenvalue weighted by molar-refractivity contribution is 5.98. The SMILES string of the molecule is CN(Cc1ccc(N2c3ccccc3Cc3ccccc32)cc1)c1cccc2c1-c1ccccc1C21c2ccccc2-c2ccccc21. The van der Waals surface area contributed by atoms with Crippen LogP contribution in [0.5, 0.6) is 0 Å². The van der Waals surface area contributed by atoms with Gasteiger partial charge in [0.15, 0.2) is 0 Å². The zero-order valence-corrected chi connectivity index (χ0v) is 26.9. The molecule has 0 N–H and O–H groups in total. The van der Waals surface area contributed by atoms with Crippen molar-refractivity contribution in [1.29, 1.82) is 0 Å². The zero-order chi connectivity index (χ0) is 31.8. The van der Waals surface area contributed by atoms with Crippen molar-refractivity contribution in [2.45, 2.75) is 18.4 Å². The molecule has 10 rings (SSSR count). The Morgan fingerprint density at radius 3 is 1.62 bits per heavy atom. The molecule has 3 aliphatic rings. The van der Waals surface area contributed by atoms with Gasteiger partial charge in [-0.15, -0.1) is 0 Å². The fraction of sp³-hybridized carbons (Fsp3) is 0.0870. The molecular weight excluding hydrogens is 581 g/mol. The predicted octanol–water partition coefficient (Wildman–Crippen LogP) is 11.0. The van der Waals surface area contributed by atoms with Gasteiger partial charge in [-0.3, -0.25) is 0 Å². The lowest BCUT2D eigenvalue weighted by Crippen LogP contribution is -2.26. The molecule has 2 aliphatic carbocycles. The van der Waals surface area contributed by atoms with Gasteiger partial charge in [0.05, 0.1) is 5.41 Å². The molecule has 48 heavy (non-hydrogen) atoms. The summed E-state index contributed by atoms with van der Waals surface area (Å²) < 4.78 is 0. The largest absolute Gasteiger partial charge is 0.370 e. The molecule has 1 heterocycles. The highest BCUT2D eigenvalue weighted by atomic mass is 15.2. The van der Waals surface area contributed by atoms with Crippen LogP contribution in [-0.2, 0) is 18.4 Å². The molecule has 7 aromatic rings. The zero-order valence-electron chi connectivity index (χ0n) is 26.9. The van der Waals surface area contributed by atoms with Gasteiger partial charge in [0, 0.05) is 48.3 Å². The Labute approximate surface area is 282 Å². The first-order valence-corrected chi connectivity index (χ1v) is 16.9. The van der Waals surface area contributed by atoms with Gasteiger partial charge >= 0.3 is 0 Å². The van der Waals surface area contributed by atoms with Gasteiger partial charge in [-0.2, -0.15) is 0 Å². The summed E-state index contributed by atoms with van der Waals surface area (Å²) in [5, 5.41) is 0. The van der Waals surface area contributed by atoms with Gasteiger partial charge in [0.1, 0.15) is 0 Å². The maximum absolute atomic E-state index is 2.43. The van der Waals surface area contributed by atoms with E-state index in [0.29, 0.717) is 0 Å².